The molecular weight excluding hydrogens is 282 g/mol. The highest BCUT2D eigenvalue weighted by Gasteiger charge is 2.09. The van der Waals surface area contributed by atoms with Gasteiger partial charge in [-0.2, -0.15) is 0 Å². The number of urea groups is 1. The van der Waals surface area contributed by atoms with Crippen molar-refractivity contribution >= 4 is 17.6 Å². The highest BCUT2D eigenvalue weighted by atomic mass is 16.5. The molecule has 0 saturated heterocycles. The molecule has 0 aliphatic carbocycles. The zero-order chi connectivity index (χ0) is 15.8. The second-order valence-electron chi connectivity index (χ2n) is 4.39. The lowest BCUT2D eigenvalue weighted by Gasteiger charge is -2.12. The van der Waals surface area contributed by atoms with E-state index in [9.17, 15) is 9.59 Å². The third-order valence-electron chi connectivity index (χ3n) is 2.79. The number of likely N-dealkylation sites (N-methyl/N-ethyl adjacent to an activating group) is 1. The van der Waals surface area contributed by atoms with Gasteiger partial charge in [-0.15, -0.1) is 0 Å². The number of para-hydroxylation sites is 3. The van der Waals surface area contributed by atoms with Gasteiger partial charge in [-0.25, -0.2) is 4.79 Å². The topological polar surface area (TPSA) is 79.5 Å². The highest BCUT2D eigenvalue weighted by molar-refractivity contribution is 5.93. The summed E-state index contributed by atoms with van der Waals surface area (Å²) in [6.45, 7) is -0.0932. The summed E-state index contributed by atoms with van der Waals surface area (Å²) in [6.07, 6.45) is 0. The maximum atomic E-state index is 11.8. The molecule has 0 saturated carbocycles. The van der Waals surface area contributed by atoms with Gasteiger partial charge in [-0.1, -0.05) is 30.3 Å². The highest BCUT2D eigenvalue weighted by Crippen LogP contribution is 2.28. The Labute approximate surface area is 128 Å². The first-order chi connectivity index (χ1) is 10.7. The number of nitrogens with one attached hydrogen (secondary N) is 3. The summed E-state index contributed by atoms with van der Waals surface area (Å²) < 4.78 is 5.74. The number of ether oxygens (including phenoxy) is 1. The van der Waals surface area contributed by atoms with Crippen molar-refractivity contribution in [3.8, 4) is 11.5 Å². The van der Waals surface area contributed by atoms with Crippen molar-refractivity contribution in [2.75, 3.05) is 18.9 Å². The lowest BCUT2D eigenvalue weighted by Crippen LogP contribution is -2.37. The van der Waals surface area contributed by atoms with Crippen molar-refractivity contribution in [2.45, 2.75) is 0 Å². The van der Waals surface area contributed by atoms with E-state index in [-0.39, 0.29) is 12.5 Å². The molecule has 2 rings (SSSR count). The number of hydrogen-bond donors (Lipinski definition) is 3. The standard InChI is InChI=1S/C16H17N3O3/c1-17-15(20)11-18-16(21)19-13-9-5-6-10-14(13)22-12-7-3-2-4-8-12/h2-10H,11H2,1H3,(H,17,20)(H2,18,19,21). The molecule has 6 heteroatoms. The lowest BCUT2D eigenvalue weighted by molar-refractivity contribution is -0.119. The minimum absolute atomic E-state index is 0.0932. The average molecular weight is 299 g/mol. The number of benzene rings is 2. The van der Waals surface area contributed by atoms with Gasteiger partial charge in [0.05, 0.1) is 12.2 Å². The Balaban J connectivity index is 2.02. The summed E-state index contributed by atoms with van der Waals surface area (Å²) >= 11 is 0. The van der Waals surface area contributed by atoms with Crippen LogP contribution in [-0.4, -0.2) is 25.5 Å². The van der Waals surface area contributed by atoms with Crippen molar-refractivity contribution in [1.29, 1.82) is 0 Å². The summed E-state index contributed by atoms with van der Waals surface area (Å²) in [7, 11) is 1.50. The first-order valence-corrected chi connectivity index (χ1v) is 6.76. The van der Waals surface area contributed by atoms with Crippen molar-refractivity contribution < 1.29 is 14.3 Å². The minimum Gasteiger partial charge on any atom is -0.455 e. The third-order valence-corrected chi connectivity index (χ3v) is 2.79. The largest absolute Gasteiger partial charge is 0.455 e. The van der Waals surface area contributed by atoms with Crippen molar-refractivity contribution in [3.63, 3.8) is 0 Å². The van der Waals surface area contributed by atoms with Gasteiger partial charge >= 0.3 is 6.03 Å². The van der Waals surface area contributed by atoms with E-state index >= 15 is 0 Å². The third kappa shape index (κ3) is 4.52. The molecular formula is C16H17N3O3. The smallest absolute Gasteiger partial charge is 0.319 e. The number of carbonyl (C=O) groups excluding carboxylic acids is 2. The van der Waals surface area contributed by atoms with Gasteiger partial charge in [0.2, 0.25) is 5.91 Å². The predicted molar refractivity (Wildman–Crippen MR) is 84.0 cm³/mol. The Morgan fingerprint density at radius 1 is 1.00 bits per heavy atom. The Hall–Kier alpha value is -3.02. The molecule has 0 aromatic heterocycles. The molecule has 0 aliphatic heterocycles. The number of hydrogen-bond acceptors (Lipinski definition) is 3. The van der Waals surface area contributed by atoms with Gasteiger partial charge in [0.1, 0.15) is 5.75 Å². The lowest BCUT2D eigenvalue weighted by atomic mass is 10.3. The van der Waals surface area contributed by atoms with E-state index in [4.69, 9.17) is 4.74 Å². The molecule has 0 atom stereocenters. The second-order valence-corrected chi connectivity index (χ2v) is 4.39. The van der Waals surface area contributed by atoms with Crippen LogP contribution in [0.4, 0.5) is 10.5 Å². The average Bonchev–Trinajstić information content (AvgIpc) is 2.55. The van der Waals surface area contributed by atoms with Gasteiger partial charge in [0.15, 0.2) is 5.75 Å². The van der Waals surface area contributed by atoms with E-state index in [1.807, 2.05) is 36.4 Å². The summed E-state index contributed by atoms with van der Waals surface area (Å²) in [5.74, 6) is 0.912. The molecule has 3 amide bonds. The molecule has 2 aromatic carbocycles. The number of carbonyl (C=O) groups is 2. The summed E-state index contributed by atoms with van der Waals surface area (Å²) in [5.41, 5.74) is 0.515. The summed E-state index contributed by atoms with van der Waals surface area (Å²) in [4.78, 5) is 22.9. The van der Waals surface area contributed by atoms with Crippen LogP contribution in [-0.2, 0) is 4.79 Å². The first-order valence-electron chi connectivity index (χ1n) is 6.76. The number of amides is 3. The van der Waals surface area contributed by atoms with Crippen molar-refractivity contribution in [2.24, 2.45) is 0 Å². The fourth-order valence-electron chi connectivity index (χ4n) is 1.69. The van der Waals surface area contributed by atoms with Crippen molar-refractivity contribution in [1.82, 2.24) is 10.6 Å². The van der Waals surface area contributed by atoms with Crippen LogP contribution in [0.1, 0.15) is 0 Å². The summed E-state index contributed by atoms with van der Waals surface area (Å²) in [6, 6.07) is 15.8. The SMILES string of the molecule is CNC(=O)CNC(=O)Nc1ccccc1Oc1ccccc1. The van der Waals surface area contributed by atoms with Crippen LogP contribution < -0.4 is 20.7 Å². The fraction of sp³-hybridized carbons (Fsp3) is 0.125. The van der Waals surface area contributed by atoms with Crippen LogP contribution in [0.3, 0.4) is 0 Å². The molecule has 0 radical (unpaired) electrons. The molecule has 22 heavy (non-hydrogen) atoms. The van der Waals surface area contributed by atoms with Gasteiger partial charge in [0.25, 0.3) is 0 Å². The molecule has 0 heterocycles. The molecule has 0 fully saturated rings. The van der Waals surface area contributed by atoms with Gasteiger partial charge < -0.3 is 20.7 Å². The zero-order valence-electron chi connectivity index (χ0n) is 12.1. The van der Waals surface area contributed by atoms with E-state index in [0.29, 0.717) is 17.2 Å². The molecule has 0 unspecified atom stereocenters. The maximum Gasteiger partial charge on any atom is 0.319 e. The number of rotatable bonds is 5. The van der Waals surface area contributed by atoms with E-state index < -0.39 is 6.03 Å². The normalized spacial score (nSPS) is 9.68. The molecule has 114 valence electrons. The maximum absolute atomic E-state index is 11.8. The predicted octanol–water partition coefficient (Wildman–Crippen LogP) is 2.35. The molecule has 0 spiro atoms. The first kappa shape index (κ1) is 15.4. The van der Waals surface area contributed by atoms with Crippen LogP contribution in [0.5, 0.6) is 11.5 Å². The van der Waals surface area contributed by atoms with E-state index in [2.05, 4.69) is 16.0 Å². The minimum atomic E-state index is -0.479. The Bertz CT molecular complexity index is 644. The Morgan fingerprint density at radius 3 is 2.41 bits per heavy atom. The Morgan fingerprint density at radius 2 is 1.68 bits per heavy atom. The second kappa shape index (κ2) is 7.68. The van der Waals surface area contributed by atoms with E-state index in [1.165, 1.54) is 7.05 Å². The number of anilines is 1. The van der Waals surface area contributed by atoms with Gasteiger partial charge in [-0.05, 0) is 24.3 Å². The molecule has 2 aromatic rings. The van der Waals surface area contributed by atoms with Crippen LogP contribution in [0.25, 0.3) is 0 Å². The van der Waals surface area contributed by atoms with Crippen LogP contribution in [0.15, 0.2) is 54.6 Å². The van der Waals surface area contributed by atoms with Crippen molar-refractivity contribution in [3.05, 3.63) is 54.6 Å². The molecule has 6 nitrogen and oxygen atoms in total. The molecule has 0 bridgehead atoms. The van der Waals surface area contributed by atoms with Crippen LogP contribution >= 0.6 is 0 Å². The van der Waals surface area contributed by atoms with E-state index in [1.54, 1.807) is 18.2 Å². The fourth-order valence-corrected chi connectivity index (χ4v) is 1.69. The molecule has 3 N–H and O–H groups in total. The summed E-state index contributed by atoms with van der Waals surface area (Å²) in [5, 5.41) is 7.53. The zero-order valence-corrected chi connectivity index (χ0v) is 12.1. The van der Waals surface area contributed by atoms with Crippen LogP contribution in [0.2, 0.25) is 0 Å². The molecule has 0 aliphatic rings. The van der Waals surface area contributed by atoms with Crippen LogP contribution in [0, 0.1) is 0 Å². The monoisotopic (exact) mass is 299 g/mol. The quantitative estimate of drug-likeness (QED) is 0.793. The van der Waals surface area contributed by atoms with Gasteiger partial charge in [0, 0.05) is 7.05 Å². The van der Waals surface area contributed by atoms with Gasteiger partial charge in [-0.3, -0.25) is 4.79 Å². The van der Waals surface area contributed by atoms with E-state index in [0.717, 1.165) is 0 Å². The Kier molecular flexibility index (Phi) is 5.37.